The maximum atomic E-state index is 11.3. The summed E-state index contributed by atoms with van der Waals surface area (Å²) in [5.74, 6) is 1.69. The quantitative estimate of drug-likeness (QED) is 0.440. The highest BCUT2D eigenvalue weighted by molar-refractivity contribution is 14.0. The maximum absolute atomic E-state index is 11.3. The van der Waals surface area contributed by atoms with Crippen molar-refractivity contribution >= 4 is 35.8 Å². The van der Waals surface area contributed by atoms with Crippen LogP contribution in [0.3, 0.4) is 0 Å². The van der Waals surface area contributed by atoms with Crippen molar-refractivity contribution in [3.8, 4) is 0 Å². The second-order valence-corrected chi connectivity index (χ2v) is 4.64. The van der Waals surface area contributed by atoms with E-state index in [4.69, 9.17) is 0 Å². The molecule has 1 amide bonds. The molecule has 2 N–H and O–H groups in total. The highest BCUT2D eigenvalue weighted by Gasteiger charge is 2.22. The van der Waals surface area contributed by atoms with Crippen molar-refractivity contribution in [2.24, 2.45) is 10.9 Å². The molecule has 0 bridgehead atoms. The molecule has 0 aliphatic carbocycles. The summed E-state index contributed by atoms with van der Waals surface area (Å²) in [6.07, 6.45) is 2.80. The summed E-state index contributed by atoms with van der Waals surface area (Å²) in [5, 5.41) is 6.01. The highest BCUT2D eigenvalue weighted by atomic mass is 127. The molecule has 1 fully saturated rings. The van der Waals surface area contributed by atoms with Crippen LogP contribution in [-0.2, 0) is 4.79 Å². The average molecular weight is 382 g/mol. The number of nitrogens with one attached hydrogen (secondary N) is 2. The van der Waals surface area contributed by atoms with Crippen LogP contribution in [0.1, 0.15) is 33.1 Å². The largest absolute Gasteiger partial charge is 0.359 e. The van der Waals surface area contributed by atoms with Crippen molar-refractivity contribution in [1.29, 1.82) is 0 Å². The number of aliphatic imine (C=N–C) groups is 1. The van der Waals surface area contributed by atoms with E-state index in [1.165, 1.54) is 0 Å². The minimum atomic E-state index is 0. The number of likely N-dealkylation sites (tertiary alicyclic amines) is 1. The fourth-order valence-electron chi connectivity index (χ4n) is 2.29. The Morgan fingerprint density at radius 2 is 1.95 bits per heavy atom. The number of hydrogen-bond donors (Lipinski definition) is 2. The maximum Gasteiger partial charge on any atom is 0.220 e. The number of piperidine rings is 1. The fraction of sp³-hybridized carbons (Fsp3) is 0.846. The first-order chi connectivity index (χ1) is 8.71. The lowest BCUT2D eigenvalue weighted by molar-refractivity contribution is -0.121. The summed E-state index contributed by atoms with van der Waals surface area (Å²) < 4.78 is 0. The van der Waals surface area contributed by atoms with Gasteiger partial charge in [-0.1, -0.05) is 0 Å². The minimum absolute atomic E-state index is 0. The summed E-state index contributed by atoms with van der Waals surface area (Å²) >= 11 is 0. The Hall–Kier alpha value is -0.530. The first-order valence-electron chi connectivity index (χ1n) is 6.95. The molecule has 1 heterocycles. The Labute approximate surface area is 133 Å². The Morgan fingerprint density at radius 1 is 1.32 bits per heavy atom. The Kier molecular flexibility index (Phi) is 9.99. The monoisotopic (exact) mass is 382 g/mol. The standard InChI is InChI=1S/C13H26N4O.HI/c1-4-15-13(16-5-2)17-8-6-11(7-9-17)10-12(18)14-3;/h11H,4-10H2,1-3H3,(H,14,18)(H,15,16);1H. The number of carbonyl (C=O) groups is 1. The van der Waals surface area contributed by atoms with Gasteiger partial charge in [0.2, 0.25) is 5.91 Å². The van der Waals surface area contributed by atoms with Gasteiger partial charge in [0.05, 0.1) is 0 Å². The molecule has 1 rings (SSSR count). The topological polar surface area (TPSA) is 56.7 Å². The molecule has 1 aliphatic rings. The van der Waals surface area contributed by atoms with Crippen LogP contribution in [0, 0.1) is 5.92 Å². The number of amides is 1. The van der Waals surface area contributed by atoms with E-state index in [9.17, 15) is 4.79 Å². The molecular formula is C13H27IN4O. The summed E-state index contributed by atoms with van der Waals surface area (Å²) in [7, 11) is 1.70. The van der Waals surface area contributed by atoms with E-state index in [1.54, 1.807) is 7.05 Å². The molecular weight excluding hydrogens is 355 g/mol. The molecule has 19 heavy (non-hydrogen) atoms. The van der Waals surface area contributed by atoms with Crippen LogP contribution in [0.15, 0.2) is 4.99 Å². The van der Waals surface area contributed by atoms with E-state index in [1.807, 2.05) is 0 Å². The van der Waals surface area contributed by atoms with Gasteiger partial charge in [-0.3, -0.25) is 9.79 Å². The van der Waals surface area contributed by atoms with Gasteiger partial charge in [-0.05, 0) is 32.6 Å². The van der Waals surface area contributed by atoms with Gasteiger partial charge in [0.25, 0.3) is 0 Å². The first kappa shape index (κ1) is 18.5. The van der Waals surface area contributed by atoms with Crippen LogP contribution in [0.2, 0.25) is 0 Å². The van der Waals surface area contributed by atoms with Crippen molar-refractivity contribution in [3.05, 3.63) is 0 Å². The fourth-order valence-corrected chi connectivity index (χ4v) is 2.29. The Balaban J connectivity index is 0.00000324. The Morgan fingerprint density at radius 3 is 2.42 bits per heavy atom. The number of carbonyl (C=O) groups excluding carboxylic acids is 1. The summed E-state index contributed by atoms with van der Waals surface area (Å²) in [6.45, 7) is 7.83. The predicted molar refractivity (Wildman–Crippen MR) is 90.0 cm³/mol. The van der Waals surface area contributed by atoms with Gasteiger partial charge in [0.1, 0.15) is 0 Å². The number of hydrogen-bond acceptors (Lipinski definition) is 2. The SMILES string of the molecule is CCN=C(NCC)N1CCC(CC(=O)NC)CC1.I. The van der Waals surface area contributed by atoms with Gasteiger partial charge in [-0.25, -0.2) is 0 Å². The van der Waals surface area contributed by atoms with Gasteiger partial charge < -0.3 is 15.5 Å². The normalized spacial score (nSPS) is 16.8. The third-order valence-corrected chi connectivity index (χ3v) is 3.31. The van der Waals surface area contributed by atoms with Crippen molar-refractivity contribution < 1.29 is 4.79 Å². The molecule has 6 heteroatoms. The van der Waals surface area contributed by atoms with E-state index in [0.717, 1.165) is 45.0 Å². The number of nitrogens with zero attached hydrogens (tertiary/aromatic N) is 2. The number of halogens is 1. The molecule has 0 aromatic heterocycles. The van der Waals surface area contributed by atoms with Crippen molar-refractivity contribution in [2.75, 3.05) is 33.2 Å². The van der Waals surface area contributed by atoms with Crippen molar-refractivity contribution in [1.82, 2.24) is 15.5 Å². The van der Waals surface area contributed by atoms with Crippen LogP contribution in [-0.4, -0.2) is 50.0 Å². The number of guanidine groups is 1. The van der Waals surface area contributed by atoms with Crippen LogP contribution in [0.5, 0.6) is 0 Å². The minimum Gasteiger partial charge on any atom is -0.359 e. The number of rotatable bonds is 4. The predicted octanol–water partition coefficient (Wildman–Crippen LogP) is 1.44. The van der Waals surface area contributed by atoms with Gasteiger partial charge in [0.15, 0.2) is 5.96 Å². The molecule has 0 aromatic carbocycles. The average Bonchev–Trinajstić information content (AvgIpc) is 2.39. The second-order valence-electron chi connectivity index (χ2n) is 4.64. The molecule has 1 aliphatic heterocycles. The van der Waals surface area contributed by atoms with E-state index >= 15 is 0 Å². The molecule has 112 valence electrons. The summed E-state index contributed by atoms with van der Waals surface area (Å²) in [6, 6.07) is 0. The lowest BCUT2D eigenvalue weighted by Gasteiger charge is -2.34. The molecule has 0 atom stereocenters. The molecule has 0 saturated carbocycles. The second kappa shape index (κ2) is 10.3. The van der Waals surface area contributed by atoms with Crippen LogP contribution >= 0.6 is 24.0 Å². The van der Waals surface area contributed by atoms with E-state index < -0.39 is 0 Å². The zero-order valence-corrected chi connectivity index (χ0v) is 14.6. The van der Waals surface area contributed by atoms with Gasteiger partial charge in [0, 0.05) is 39.6 Å². The molecule has 5 nitrogen and oxygen atoms in total. The van der Waals surface area contributed by atoms with Crippen molar-refractivity contribution in [3.63, 3.8) is 0 Å². The van der Waals surface area contributed by atoms with E-state index in [-0.39, 0.29) is 29.9 Å². The van der Waals surface area contributed by atoms with Crippen LogP contribution in [0.25, 0.3) is 0 Å². The summed E-state index contributed by atoms with van der Waals surface area (Å²) in [4.78, 5) is 18.1. The Bertz CT molecular complexity index is 288. The lowest BCUT2D eigenvalue weighted by atomic mass is 9.93. The zero-order valence-electron chi connectivity index (χ0n) is 12.2. The molecule has 0 aromatic rings. The van der Waals surface area contributed by atoms with E-state index in [2.05, 4.69) is 34.4 Å². The van der Waals surface area contributed by atoms with Crippen molar-refractivity contribution in [2.45, 2.75) is 33.1 Å². The summed E-state index contributed by atoms with van der Waals surface area (Å²) in [5.41, 5.74) is 0. The molecule has 0 spiro atoms. The van der Waals surface area contributed by atoms with Crippen LogP contribution < -0.4 is 10.6 Å². The van der Waals surface area contributed by atoms with Crippen LogP contribution in [0.4, 0.5) is 0 Å². The highest BCUT2D eigenvalue weighted by Crippen LogP contribution is 2.20. The van der Waals surface area contributed by atoms with Gasteiger partial charge in [-0.15, -0.1) is 24.0 Å². The van der Waals surface area contributed by atoms with Gasteiger partial charge in [-0.2, -0.15) is 0 Å². The smallest absolute Gasteiger partial charge is 0.220 e. The third kappa shape index (κ3) is 6.44. The molecule has 0 unspecified atom stereocenters. The molecule has 0 radical (unpaired) electrons. The zero-order chi connectivity index (χ0) is 13.4. The lowest BCUT2D eigenvalue weighted by Crippen LogP contribution is -2.46. The molecule has 1 saturated heterocycles. The third-order valence-electron chi connectivity index (χ3n) is 3.31. The van der Waals surface area contributed by atoms with E-state index in [0.29, 0.717) is 12.3 Å². The van der Waals surface area contributed by atoms with Gasteiger partial charge >= 0.3 is 0 Å². The first-order valence-corrected chi connectivity index (χ1v) is 6.95.